The van der Waals surface area contributed by atoms with Crippen molar-refractivity contribution in [1.82, 2.24) is 9.78 Å². The summed E-state index contributed by atoms with van der Waals surface area (Å²) >= 11 is 0. The number of aryl methyl sites for hydroxylation is 2. The zero-order valence-corrected chi connectivity index (χ0v) is 10.8. The molecule has 1 aromatic carbocycles. The van der Waals surface area contributed by atoms with Gasteiger partial charge >= 0.3 is 5.97 Å². The van der Waals surface area contributed by atoms with Crippen LogP contribution in [0.3, 0.4) is 0 Å². The van der Waals surface area contributed by atoms with Gasteiger partial charge in [0.2, 0.25) is 5.43 Å². The average molecular weight is 258 g/mol. The minimum Gasteiger partial charge on any atom is -0.481 e. The molecule has 1 heterocycles. The van der Waals surface area contributed by atoms with Crippen LogP contribution in [0.2, 0.25) is 0 Å². The first-order chi connectivity index (χ1) is 8.97. The van der Waals surface area contributed by atoms with Crippen LogP contribution in [0.15, 0.2) is 35.1 Å². The number of carboxylic acids is 1. The molecule has 5 nitrogen and oxygen atoms in total. The number of aliphatic carboxylic acids is 1. The Kier molecular flexibility index (Phi) is 3.46. The second-order valence-electron chi connectivity index (χ2n) is 4.42. The first kappa shape index (κ1) is 13.0. The summed E-state index contributed by atoms with van der Waals surface area (Å²) in [6, 6.07) is 9.05. The Balaban J connectivity index is 2.57. The highest BCUT2D eigenvalue weighted by Gasteiger charge is 2.10. The van der Waals surface area contributed by atoms with E-state index in [1.807, 2.05) is 31.2 Å². The van der Waals surface area contributed by atoms with Crippen molar-refractivity contribution in [2.45, 2.75) is 20.3 Å². The minimum absolute atomic E-state index is 0.0413. The van der Waals surface area contributed by atoms with Crippen LogP contribution in [0.5, 0.6) is 0 Å². The van der Waals surface area contributed by atoms with Crippen molar-refractivity contribution in [1.29, 1.82) is 0 Å². The molecule has 0 saturated carbocycles. The van der Waals surface area contributed by atoms with Crippen molar-refractivity contribution < 1.29 is 9.90 Å². The van der Waals surface area contributed by atoms with Crippen LogP contribution >= 0.6 is 0 Å². The molecule has 0 aliphatic carbocycles. The summed E-state index contributed by atoms with van der Waals surface area (Å²) in [4.78, 5) is 22.4. The second kappa shape index (κ2) is 5.06. The Hall–Kier alpha value is -2.43. The lowest BCUT2D eigenvalue weighted by molar-refractivity contribution is -0.136. The first-order valence-corrected chi connectivity index (χ1v) is 5.86. The smallest absolute Gasteiger partial charge is 0.309 e. The van der Waals surface area contributed by atoms with E-state index in [0.717, 1.165) is 11.3 Å². The molecule has 0 aliphatic heterocycles. The number of carboxylic acid groups (broad SMARTS) is 1. The predicted octanol–water partition coefficient (Wildman–Crippen LogP) is 1.48. The maximum Gasteiger partial charge on any atom is 0.309 e. The number of nitrogens with zero attached hydrogens (tertiary/aromatic N) is 2. The number of hydrogen-bond acceptors (Lipinski definition) is 3. The normalized spacial score (nSPS) is 10.4. The summed E-state index contributed by atoms with van der Waals surface area (Å²) in [6.45, 7) is 3.72. The lowest BCUT2D eigenvalue weighted by Crippen LogP contribution is -2.21. The molecule has 19 heavy (non-hydrogen) atoms. The number of aromatic nitrogens is 2. The van der Waals surface area contributed by atoms with Crippen molar-refractivity contribution in [2.75, 3.05) is 0 Å². The Labute approximate surface area is 110 Å². The topological polar surface area (TPSA) is 72.2 Å². The van der Waals surface area contributed by atoms with Crippen LogP contribution in [0.1, 0.15) is 17.0 Å². The Morgan fingerprint density at radius 2 is 2.05 bits per heavy atom. The molecule has 0 aliphatic rings. The molecule has 0 saturated heterocycles. The average Bonchev–Trinajstić information content (AvgIpc) is 2.32. The monoisotopic (exact) mass is 258 g/mol. The lowest BCUT2D eigenvalue weighted by atomic mass is 10.2. The molecule has 5 heteroatoms. The zero-order valence-electron chi connectivity index (χ0n) is 10.8. The van der Waals surface area contributed by atoms with Crippen LogP contribution in [-0.4, -0.2) is 20.9 Å². The quantitative estimate of drug-likeness (QED) is 0.905. The van der Waals surface area contributed by atoms with Crippen molar-refractivity contribution in [3.63, 3.8) is 0 Å². The Morgan fingerprint density at radius 3 is 2.68 bits per heavy atom. The van der Waals surface area contributed by atoms with Gasteiger partial charge in [-0.15, -0.1) is 0 Å². The molecule has 1 N–H and O–H groups in total. The molecule has 98 valence electrons. The van der Waals surface area contributed by atoms with Gasteiger partial charge in [0, 0.05) is 11.8 Å². The summed E-state index contributed by atoms with van der Waals surface area (Å²) in [5.41, 5.74) is 2.24. The van der Waals surface area contributed by atoms with Gasteiger partial charge in [-0.2, -0.15) is 5.10 Å². The second-order valence-corrected chi connectivity index (χ2v) is 4.42. The van der Waals surface area contributed by atoms with Gasteiger partial charge in [-0.1, -0.05) is 12.1 Å². The zero-order chi connectivity index (χ0) is 14.0. The maximum atomic E-state index is 11.7. The molecule has 1 aromatic heterocycles. The van der Waals surface area contributed by atoms with E-state index in [-0.39, 0.29) is 17.5 Å². The van der Waals surface area contributed by atoms with Crippen LogP contribution in [0.25, 0.3) is 5.69 Å². The summed E-state index contributed by atoms with van der Waals surface area (Å²) in [5.74, 6) is -1.07. The SMILES string of the molecule is Cc1cccc(-n2nc(CC(=O)O)c(=O)cc2C)c1. The summed E-state index contributed by atoms with van der Waals surface area (Å²) < 4.78 is 1.59. The van der Waals surface area contributed by atoms with Gasteiger partial charge < -0.3 is 5.11 Å². The van der Waals surface area contributed by atoms with Gasteiger partial charge in [0.1, 0.15) is 5.69 Å². The lowest BCUT2D eigenvalue weighted by Gasteiger charge is -2.11. The first-order valence-electron chi connectivity index (χ1n) is 5.86. The fourth-order valence-electron chi connectivity index (χ4n) is 1.87. The fraction of sp³-hybridized carbons (Fsp3) is 0.214. The number of carbonyl (C=O) groups is 1. The third-order valence-corrected chi connectivity index (χ3v) is 2.74. The summed E-state index contributed by atoms with van der Waals surface area (Å²) in [7, 11) is 0. The minimum atomic E-state index is -1.07. The van der Waals surface area contributed by atoms with Crippen molar-refractivity contribution >= 4 is 5.97 Å². The standard InChI is InChI=1S/C14H14N2O3/c1-9-4-3-5-11(6-9)16-10(2)7-13(17)12(15-16)8-14(18)19/h3-7H,8H2,1-2H3,(H,18,19). The molecular weight excluding hydrogens is 244 g/mol. The molecule has 0 bridgehead atoms. The highest BCUT2D eigenvalue weighted by Crippen LogP contribution is 2.10. The third-order valence-electron chi connectivity index (χ3n) is 2.74. The van der Waals surface area contributed by atoms with E-state index in [4.69, 9.17) is 5.11 Å². The van der Waals surface area contributed by atoms with Crippen LogP contribution < -0.4 is 5.43 Å². The van der Waals surface area contributed by atoms with Crippen LogP contribution in [-0.2, 0) is 11.2 Å². The number of rotatable bonds is 3. The largest absolute Gasteiger partial charge is 0.481 e. The van der Waals surface area contributed by atoms with E-state index in [1.54, 1.807) is 11.6 Å². The molecule has 0 atom stereocenters. The van der Waals surface area contributed by atoms with Gasteiger partial charge in [-0.25, -0.2) is 4.68 Å². The van der Waals surface area contributed by atoms with Gasteiger partial charge in [-0.05, 0) is 31.5 Å². The highest BCUT2D eigenvalue weighted by molar-refractivity contribution is 5.69. The van der Waals surface area contributed by atoms with Crippen LogP contribution in [0, 0.1) is 13.8 Å². The van der Waals surface area contributed by atoms with Crippen molar-refractivity contribution in [2.24, 2.45) is 0 Å². The van der Waals surface area contributed by atoms with Crippen molar-refractivity contribution in [3.8, 4) is 5.69 Å². The van der Waals surface area contributed by atoms with E-state index < -0.39 is 5.97 Å². The summed E-state index contributed by atoms with van der Waals surface area (Å²) in [6.07, 6.45) is -0.370. The third kappa shape index (κ3) is 2.88. The molecule has 2 aromatic rings. The van der Waals surface area contributed by atoms with Gasteiger partial charge in [0.15, 0.2) is 0 Å². The Bertz CT molecular complexity index is 689. The van der Waals surface area contributed by atoms with Gasteiger partial charge in [0.25, 0.3) is 0 Å². The van der Waals surface area contributed by atoms with E-state index >= 15 is 0 Å². The number of benzene rings is 1. The predicted molar refractivity (Wildman–Crippen MR) is 70.6 cm³/mol. The van der Waals surface area contributed by atoms with Crippen LogP contribution in [0.4, 0.5) is 0 Å². The fourth-order valence-corrected chi connectivity index (χ4v) is 1.87. The van der Waals surface area contributed by atoms with E-state index in [1.165, 1.54) is 6.07 Å². The van der Waals surface area contributed by atoms with E-state index in [2.05, 4.69) is 5.10 Å². The van der Waals surface area contributed by atoms with E-state index in [9.17, 15) is 9.59 Å². The Morgan fingerprint density at radius 1 is 1.32 bits per heavy atom. The van der Waals surface area contributed by atoms with Crippen molar-refractivity contribution in [3.05, 3.63) is 57.5 Å². The van der Waals surface area contributed by atoms with Gasteiger partial charge in [-0.3, -0.25) is 9.59 Å². The van der Waals surface area contributed by atoms with E-state index in [0.29, 0.717) is 5.69 Å². The molecule has 0 amide bonds. The molecular formula is C14H14N2O3. The molecule has 0 unspecified atom stereocenters. The molecule has 0 radical (unpaired) electrons. The van der Waals surface area contributed by atoms with Gasteiger partial charge in [0.05, 0.1) is 12.1 Å². The molecule has 0 spiro atoms. The summed E-state index contributed by atoms with van der Waals surface area (Å²) in [5, 5.41) is 12.9. The number of hydrogen-bond donors (Lipinski definition) is 1. The molecule has 0 fully saturated rings. The highest BCUT2D eigenvalue weighted by atomic mass is 16.4. The molecule has 2 rings (SSSR count). The maximum absolute atomic E-state index is 11.7.